The molecule has 0 aliphatic carbocycles. The van der Waals surface area contributed by atoms with E-state index in [0.29, 0.717) is 5.92 Å². The first kappa shape index (κ1) is 8.57. The van der Waals surface area contributed by atoms with Crippen LogP contribution in [-0.2, 0) is 0 Å². The molecule has 0 spiro atoms. The summed E-state index contributed by atoms with van der Waals surface area (Å²) in [4.78, 5) is 0. The minimum absolute atomic E-state index is 0.716. The molecule has 2 nitrogen and oxygen atoms in total. The fourth-order valence-corrected chi connectivity index (χ4v) is 1.89. The molecule has 0 aromatic heterocycles. The van der Waals surface area contributed by atoms with Gasteiger partial charge in [0.1, 0.15) is 0 Å². The van der Waals surface area contributed by atoms with Crippen molar-refractivity contribution in [1.82, 2.24) is 5.32 Å². The largest absolute Gasteiger partial charge is 0.388 e. The molecule has 1 unspecified atom stereocenters. The molecule has 0 radical (unpaired) electrons. The van der Waals surface area contributed by atoms with E-state index >= 15 is 0 Å². The smallest absolute Gasteiger partial charge is 0.0340 e. The minimum atomic E-state index is 0.716. The van der Waals surface area contributed by atoms with E-state index in [1.54, 1.807) is 0 Å². The molecule has 2 N–H and O–H groups in total. The van der Waals surface area contributed by atoms with Crippen LogP contribution in [0.15, 0.2) is 24.3 Å². The highest BCUT2D eigenvalue weighted by Crippen LogP contribution is 2.24. The number of nitrogens with one attached hydrogen (secondary N) is 2. The Bertz CT molecular complexity index is 277. The molecule has 1 saturated heterocycles. The molecular formula is C11H16N2. The summed E-state index contributed by atoms with van der Waals surface area (Å²) in [7, 11) is 1.96. The van der Waals surface area contributed by atoms with E-state index in [1.165, 1.54) is 17.7 Å². The highest BCUT2D eigenvalue weighted by molar-refractivity contribution is 5.46. The van der Waals surface area contributed by atoms with Gasteiger partial charge in [0.15, 0.2) is 0 Å². The van der Waals surface area contributed by atoms with Crippen LogP contribution in [0.4, 0.5) is 5.69 Å². The Kier molecular flexibility index (Phi) is 2.50. The van der Waals surface area contributed by atoms with Crippen LogP contribution in [0.2, 0.25) is 0 Å². The summed E-state index contributed by atoms with van der Waals surface area (Å²) in [6.45, 7) is 2.29. The molecule has 70 valence electrons. The average Bonchev–Trinajstić information content (AvgIpc) is 2.71. The first-order chi connectivity index (χ1) is 6.40. The van der Waals surface area contributed by atoms with Crippen LogP contribution in [0.3, 0.4) is 0 Å². The lowest BCUT2D eigenvalue weighted by atomic mass is 9.98. The summed E-state index contributed by atoms with van der Waals surface area (Å²) >= 11 is 0. The van der Waals surface area contributed by atoms with Crippen molar-refractivity contribution in [3.8, 4) is 0 Å². The number of hydrogen-bond acceptors (Lipinski definition) is 2. The Morgan fingerprint density at radius 3 is 3.08 bits per heavy atom. The van der Waals surface area contributed by atoms with E-state index in [9.17, 15) is 0 Å². The van der Waals surface area contributed by atoms with Crippen molar-refractivity contribution in [1.29, 1.82) is 0 Å². The van der Waals surface area contributed by atoms with Crippen LogP contribution in [0.1, 0.15) is 17.9 Å². The van der Waals surface area contributed by atoms with Crippen molar-refractivity contribution in [2.75, 3.05) is 25.5 Å². The Labute approximate surface area is 79.4 Å². The molecule has 1 aliphatic rings. The summed E-state index contributed by atoms with van der Waals surface area (Å²) in [6, 6.07) is 8.70. The zero-order valence-corrected chi connectivity index (χ0v) is 8.01. The van der Waals surface area contributed by atoms with Crippen molar-refractivity contribution in [2.24, 2.45) is 0 Å². The second kappa shape index (κ2) is 3.79. The molecule has 2 rings (SSSR count). The SMILES string of the molecule is CNc1cccc(C2CCNC2)c1. The molecule has 1 aromatic rings. The third kappa shape index (κ3) is 1.83. The number of benzene rings is 1. The van der Waals surface area contributed by atoms with E-state index in [4.69, 9.17) is 0 Å². The van der Waals surface area contributed by atoms with Gasteiger partial charge in [0.05, 0.1) is 0 Å². The maximum absolute atomic E-state index is 3.39. The zero-order valence-electron chi connectivity index (χ0n) is 8.01. The molecule has 13 heavy (non-hydrogen) atoms. The minimum Gasteiger partial charge on any atom is -0.388 e. The standard InChI is InChI=1S/C11H16N2/c1-12-11-4-2-3-9(7-11)10-5-6-13-8-10/h2-4,7,10,12-13H,5-6,8H2,1H3. The summed E-state index contributed by atoms with van der Waals surface area (Å²) in [5.41, 5.74) is 2.67. The van der Waals surface area contributed by atoms with Crippen LogP contribution < -0.4 is 10.6 Å². The van der Waals surface area contributed by atoms with Crippen LogP contribution in [0, 0.1) is 0 Å². The third-order valence-electron chi connectivity index (χ3n) is 2.71. The van der Waals surface area contributed by atoms with E-state index in [1.807, 2.05) is 7.05 Å². The van der Waals surface area contributed by atoms with Crippen molar-refractivity contribution in [3.63, 3.8) is 0 Å². The molecule has 1 fully saturated rings. The number of hydrogen-bond donors (Lipinski definition) is 2. The van der Waals surface area contributed by atoms with Crippen molar-refractivity contribution < 1.29 is 0 Å². The fraction of sp³-hybridized carbons (Fsp3) is 0.455. The van der Waals surface area contributed by atoms with Gasteiger partial charge in [-0.25, -0.2) is 0 Å². The van der Waals surface area contributed by atoms with E-state index < -0.39 is 0 Å². The van der Waals surface area contributed by atoms with Gasteiger partial charge in [-0.15, -0.1) is 0 Å². The van der Waals surface area contributed by atoms with Crippen molar-refractivity contribution in [3.05, 3.63) is 29.8 Å². The summed E-state index contributed by atoms with van der Waals surface area (Å²) in [6.07, 6.45) is 1.27. The number of anilines is 1. The van der Waals surface area contributed by atoms with Gasteiger partial charge in [0, 0.05) is 19.3 Å². The van der Waals surface area contributed by atoms with Crippen LogP contribution >= 0.6 is 0 Å². The average molecular weight is 176 g/mol. The molecule has 2 heteroatoms. The molecule has 1 aliphatic heterocycles. The van der Waals surface area contributed by atoms with Crippen LogP contribution in [0.5, 0.6) is 0 Å². The highest BCUT2D eigenvalue weighted by atomic mass is 14.9. The molecule has 0 saturated carbocycles. The Balaban J connectivity index is 2.18. The second-order valence-electron chi connectivity index (χ2n) is 3.57. The normalized spacial score (nSPS) is 21.8. The van der Waals surface area contributed by atoms with Gasteiger partial charge in [0.2, 0.25) is 0 Å². The van der Waals surface area contributed by atoms with Gasteiger partial charge in [-0.05, 0) is 36.6 Å². The fourth-order valence-electron chi connectivity index (χ4n) is 1.89. The van der Waals surface area contributed by atoms with Gasteiger partial charge in [0.25, 0.3) is 0 Å². The van der Waals surface area contributed by atoms with Crippen LogP contribution in [-0.4, -0.2) is 20.1 Å². The van der Waals surface area contributed by atoms with Gasteiger partial charge < -0.3 is 10.6 Å². The molecule has 0 bridgehead atoms. The summed E-state index contributed by atoms with van der Waals surface area (Å²) in [5, 5.41) is 6.56. The number of rotatable bonds is 2. The molecule has 0 amide bonds. The Morgan fingerprint density at radius 1 is 1.46 bits per heavy atom. The molecular weight excluding hydrogens is 160 g/mol. The summed E-state index contributed by atoms with van der Waals surface area (Å²) in [5.74, 6) is 0.716. The van der Waals surface area contributed by atoms with Gasteiger partial charge in [-0.3, -0.25) is 0 Å². The third-order valence-corrected chi connectivity index (χ3v) is 2.71. The first-order valence-electron chi connectivity index (χ1n) is 4.88. The second-order valence-corrected chi connectivity index (χ2v) is 3.57. The van der Waals surface area contributed by atoms with Crippen LogP contribution in [0.25, 0.3) is 0 Å². The first-order valence-corrected chi connectivity index (χ1v) is 4.88. The monoisotopic (exact) mass is 176 g/mol. The van der Waals surface area contributed by atoms with Gasteiger partial charge in [-0.1, -0.05) is 12.1 Å². The van der Waals surface area contributed by atoms with E-state index in [0.717, 1.165) is 13.1 Å². The molecule has 1 heterocycles. The van der Waals surface area contributed by atoms with Crippen molar-refractivity contribution in [2.45, 2.75) is 12.3 Å². The maximum atomic E-state index is 3.39. The lowest BCUT2D eigenvalue weighted by Gasteiger charge is -2.10. The maximum Gasteiger partial charge on any atom is 0.0340 e. The van der Waals surface area contributed by atoms with Gasteiger partial charge >= 0.3 is 0 Å². The van der Waals surface area contributed by atoms with Crippen molar-refractivity contribution >= 4 is 5.69 Å². The Hall–Kier alpha value is -1.02. The predicted octanol–water partition coefficient (Wildman–Crippen LogP) is 1.81. The highest BCUT2D eigenvalue weighted by Gasteiger charge is 2.16. The van der Waals surface area contributed by atoms with Gasteiger partial charge in [-0.2, -0.15) is 0 Å². The zero-order chi connectivity index (χ0) is 9.10. The predicted molar refractivity (Wildman–Crippen MR) is 56.2 cm³/mol. The topological polar surface area (TPSA) is 24.1 Å². The molecule has 1 aromatic carbocycles. The van der Waals surface area contributed by atoms with E-state index in [-0.39, 0.29) is 0 Å². The summed E-state index contributed by atoms with van der Waals surface area (Å²) < 4.78 is 0. The quantitative estimate of drug-likeness (QED) is 0.718. The Morgan fingerprint density at radius 2 is 2.38 bits per heavy atom. The lowest BCUT2D eigenvalue weighted by molar-refractivity contribution is 0.764. The van der Waals surface area contributed by atoms with E-state index in [2.05, 4.69) is 34.9 Å². The lowest BCUT2D eigenvalue weighted by Crippen LogP contribution is -2.08. The molecule has 1 atom stereocenters.